The van der Waals surface area contributed by atoms with E-state index in [0.29, 0.717) is 11.8 Å². The Bertz CT molecular complexity index is 1120. The zero-order valence-corrected chi connectivity index (χ0v) is 20.6. The van der Waals surface area contributed by atoms with Crippen LogP contribution in [0.1, 0.15) is 78.5 Å². The Morgan fingerprint density at radius 2 is 1.29 bits per heavy atom. The second-order valence-electron chi connectivity index (χ2n) is 7.42. The van der Waals surface area contributed by atoms with Crippen molar-refractivity contribution in [3.8, 4) is 0 Å². The van der Waals surface area contributed by atoms with Gasteiger partial charge < -0.3 is 9.09 Å². The van der Waals surface area contributed by atoms with E-state index in [1.165, 1.54) is 5.56 Å². The predicted octanol–water partition coefficient (Wildman–Crippen LogP) is 7.67. The summed E-state index contributed by atoms with van der Waals surface area (Å²) in [6.07, 6.45) is 1.94. The molecule has 4 aromatic rings. The summed E-state index contributed by atoms with van der Waals surface area (Å²) in [7, 11) is 1.81. The second-order valence-corrected chi connectivity index (χ2v) is 7.42. The van der Waals surface area contributed by atoms with Crippen LogP contribution in [0.2, 0.25) is 0 Å². The molecule has 168 valence electrons. The smallest absolute Gasteiger partial charge is 0.258 e. The minimum atomic E-state index is 0.0787. The molecule has 0 saturated heterocycles. The Kier molecular flexibility index (Phi) is 10.7. The maximum Gasteiger partial charge on any atom is 0.258 e. The van der Waals surface area contributed by atoms with E-state index in [4.69, 9.17) is 4.52 Å². The fourth-order valence-electron chi connectivity index (χ4n) is 3.23. The van der Waals surface area contributed by atoms with Gasteiger partial charge in [0.05, 0.1) is 5.69 Å². The summed E-state index contributed by atoms with van der Waals surface area (Å²) >= 11 is 0. The van der Waals surface area contributed by atoms with Gasteiger partial charge in [0.1, 0.15) is 0 Å². The number of pyridine rings is 1. The Morgan fingerprint density at radius 3 is 1.84 bits per heavy atom. The molecule has 0 bridgehead atoms. The van der Waals surface area contributed by atoms with Crippen molar-refractivity contribution in [3.05, 3.63) is 76.3 Å². The second kappa shape index (κ2) is 12.7. The van der Waals surface area contributed by atoms with Gasteiger partial charge in [-0.05, 0) is 41.0 Å². The van der Waals surface area contributed by atoms with Crippen molar-refractivity contribution in [2.45, 2.75) is 67.2 Å². The first-order valence-corrected chi connectivity index (χ1v) is 11.3. The Hall–Kier alpha value is -2.88. The van der Waals surface area contributed by atoms with Crippen LogP contribution >= 0.6 is 0 Å². The van der Waals surface area contributed by atoms with Gasteiger partial charge in [-0.2, -0.15) is 0 Å². The van der Waals surface area contributed by atoms with E-state index in [-0.39, 0.29) is 5.56 Å². The summed E-state index contributed by atoms with van der Waals surface area (Å²) < 4.78 is 6.82. The topological polar surface area (TPSA) is 48.0 Å². The number of benzene rings is 2. The third-order valence-corrected chi connectivity index (χ3v) is 4.70. The Labute approximate surface area is 186 Å². The first-order chi connectivity index (χ1) is 14.9. The van der Waals surface area contributed by atoms with Crippen LogP contribution in [0.3, 0.4) is 0 Å². The number of aromatic nitrogens is 2. The summed E-state index contributed by atoms with van der Waals surface area (Å²) in [6.45, 7) is 16.5. The van der Waals surface area contributed by atoms with Crippen LogP contribution < -0.4 is 5.56 Å². The summed E-state index contributed by atoms with van der Waals surface area (Å²) in [5.74, 6) is 0.857. The lowest BCUT2D eigenvalue weighted by Gasteiger charge is -2.11. The van der Waals surface area contributed by atoms with Gasteiger partial charge in [-0.15, -0.1) is 0 Å². The highest BCUT2D eigenvalue weighted by atomic mass is 16.5. The van der Waals surface area contributed by atoms with Gasteiger partial charge in [0.15, 0.2) is 5.58 Å². The highest BCUT2D eigenvalue weighted by Crippen LogP contribution is 2.24. The maximum atomic E-state index is 11.9. The first-order valence-electron chi connectivity index (χ1n) is 11.3. The van der Waals surface area contributed by atoms with Crippen molar-refractivity contribution in [2.24, 2.45) is 7.05 Å². The van der Waals surface area contributed by atoms with Crippen molar-refractivity contribution in [1.82, 2.24) is 9.72 Å². The third kappa shape index (κ3) is 6.30. The average molecular weight is 423 g/mol. The average Bonchev–Trinajstić information content (AvgIpc) is 3.24. The molecule has 0 fully saturated rings. The molecule has 0 aliphatic heterocycles. The van der Waals surface area contributed by atoms with E-state index in [1.807, 2.05) is 82.4 Å². The monoisotopic (exact) mass is 422 g/mol. The van der Waals surface area contributed by atoms with Crippen LogP contribution in [0.15, 0.2) is 64.0 Å². The highest BCUT2D eigenvalue weighted by Gasteiger charge is 2.10. The lowest BCUT2D eigenvalue weighted by Crippen LogP contribution is -2.17. The quantitative estimate of drug-likeness (QED) is 0.333. The van der Waals surface area contributed by atoms with Crippen LogP contribution in [0.5, 0.6) is 0 Å². The third-order valence-electron chi connectivity index (χ3n) is 4.70. The molecule has 2 heterocycles. The lowest BCUT2D eigenvalue weighted by atomic mass is 9.99. The number of nitrogens with zero attached hydrogens (tertiary/aromatic N) is 2. The predicted molar refractivity (Wildman–Crippen MR) is 134 cm³/mol. The number of fused-ring (bicyclic) bond motifs is 2. The molecule has 0 unspecified atom stereocenters. The highest BCUT2D eigenvalue weighted by molar-refractivity contribution is 5.85. The molecule has 4 nitrogen and oxygen atoms in total. The van der Waals surface area contributed by atoms with Crippen molar-refractivity contribution < 1.29 is 4.52 Å². The van der Waals surface area contributed by atoms with E-state index in [0.717, 1.165) is 27.4 Å². The molecule has 2 aromatic carbocycles. The Morgan fingerprint density at radius 1 is 0.774 bits per heavy atom. The minimum absolute atomic E-state index is 0.0787. The fourth-order valence-corrected chi connectivity index (χ4v) is 3.23. The van der Waals surface area contributed by atoms with Gasteiger partial charge in [-0.25, -0.2) is 0 Å². The van der Waals surface area contributed by atoms with Crippen molar-refractivity contribution in [3.63, 3.8) is 0 Å². The van der Waals surface area contributed by atoms with Gasteiger partial charge >= 0.3 is 0 Å². The lowest BCUT2D eigenvalue weighted by molar-refractivity contribution is 0.441. The molecule has 0 aliphatic rings. The van der Waals surface area contributed by atoms with Crippen LogP contribution in [0, 0.1) is 0 Å². The number of hydrogen-bond acceptors (Lipinski definition) is 3. The summed E-state index contributed by atoms with van der Waals surface area (Å²) in [5, 5.41) is 7.04. The molecule has 4 rings (SSSR count). The molecule has 0 aliphatic carbocycles. The fraction of sp³-hybridized carbons (Fsp3) is 0.407. The zero-order chi connectivity index (χ0) is 23.6. The molecule has 0 atom stereocenters. The molecular weight excluding hydrogens is 384 g/mol. The Balaban J connectivity index is 0.000000272. The van der Waals surface area contributed by atoms with Gasteiger partial charge in [0.2, 0.25) is 0 Å². The largest absolute Gasteiger partial charge is 0.356 e. The molecule has 2 aromatic heterocycles. The van der Waals surface area contributed by atoms with Crippen LogP contribution in [-0.4, -0.2) is 9.72 Å². The SMILES string of the molecule is CC.CC.CC(C)c1cn(C)c(=O)c2ccccc12.CC(C)c1noc2ccccc12. The van der Waals surface area contributed by atoms with Gasteiger partial charge in [0, 0.05) is 24.0 Å². The number of aryl methyl sites for hydroxylation is 1. The van der Waals surface area contributed by atoms with Crippen molar-refractivity contribution >= 4 is 21.7 Å². The standard InChI is InChI=1S/C13H15NO.C10H11NO.2C2H6/c1-9(2)12-8-14(3)13(15)11-7-5-4-6-10(11)12;1-7(2)10-8-5-3-4-6-9(8)12-11-10;2*1-2/h4-9H,1-3H3;3-7H,1-2H3;2*1-2H3. The molecule has 0 amide bonds. The zero-order valence-electron chi connectivity index (χ0n) is 20.6. The van der Waals surface area contributed by atoms with Crippen LogP contribution in [0.25, 0.3) is 21.7 Å². The van der Waals surface area contributed by atoms with E-state index >= 15 is 0 Å². The molecule has 31 heavy (non-hydrogen) atoms. The summed E-state index contributed by atoms with van der Waals surface area (Å²) in [5.41, 5.74) is 3.23. The molecule has 4 heteroatoms. The van der Waals surface area contributed by atoms with Gasteiger partial charge in [-0.3, -0.25) is 4.79 Å². The summed E-state index contributed by atoms with van der Waals surface area (Å²) in [4.78, 5) is 11.9. The molecule has 0 radical (unpaired) electrons. The summed E-state index contributed by atoms with van der Waals surface area (Å²) in [6, 6.07) is 15.7. The normalized spacial score (nSPS) is 10.2. The minimum Gasteiger partial charge on any atom is -0.356 e. The molecule has 0 spiro atoms. The van der Waals surface area contributed by atoms with E-state index in [2.05, 4.69) is 32.9 Å². The van der Waals surface area contributed by atoms with E-state index in [9.17, 15) is 4.79 Å². The van der Waals surface area contributed by atoms with E-state index < -0.39 is 0 Å². The van der Waals surface area contributed by atoms with E-state index in [1.54, 1.807) is 11.6 Å². The van der Waals surface area contributed by atoms with Crippen LogP contribution in [0.4, 0.5) is 0 Å². The van der Waals surface area contributed by atoms with Crippen molar-refractivity contribution in [1.29, 1.82) is 0 Å². The first kappa shape index (κ1) is 26.2. The van der Waals surface area contributed by atoms with Crippen LogP contribution in [-0.2, 0) is 7.05 Å². The van der Waals surface area contributed by atoms with Gasteiger partial charge in [0.25, 0.3) is 5.56 Å². The molecular formula is C27H38N2O2. The molecule has 0 N–H and O–H groups in total. The number of hydrogen-bond donors (Lipinski definition) is 0. The molecule has 0 saturated carbocycles. The van der Waals surface area contributed by atoms with Crippen molar-refractivity contribution in [2.75, 3.05) is 0 Å². The number of para-hydroxylation sites is 1. The maximum absolute atomic E-state index is 11.9. The number of rotatable bonds is 2. The van der Waals surface area contributed by atoms with Gasteiger partial charge in [-0.1, -0.05) is 90.9 Å².